The molecule has 3 heterocycles. The molecule has 1 fully saturated rings. The Labute approximate surface area is 169 Å². The van der Waals surface area contributed by atoms with Crippen LogP contribution in [0.15, 0.2) is 53.3 Å². The molecule has 150 valence electrons. The lowest BCUT2D eigenvalue weighted by molar-refractivity contribution is -0.117. The zero-order chi connectivity index (χ0) is 20.1. The minimum Gasteiger partial charge on any atom is -0.423 e. The number of anilines is 3. The third-order valence-electron chi connectivity index (χ3n) is 4.79. The van der Waals surface area contributed by atoms with Gasteiger partial charge < -0.3 is 20.4 Å². The second-order valence-corrected chi connectivity index (χ2v) is 7.00. The highest BCUT2D eigenvalue weighted by Gasteiger charge is 2.14. The van der Waals surface area contributed by atoms with Crippen LogP contribution < -0.4 is 16.0 Å². The van der Waals surface area contributed by atoms with E-state index in [0.29, 0.717) is 18.3 Å². The molecule has 3 aromatic rings. The molecule has 0 atom stereocenters. The summed E-state index contributed by atoms with van der Waals surface area (Å²) in [6.45, 7) is 5.99. The highest BCUT2D eigenvalue weighted by atomic mass is 16.4. The Morgan fingerprint density at radius 1 is 1.24 bits per heavy atom. The molecule has 1 aliphatic rings. The van der Waals surface area contributed by atoms with Crippen LogP contribution >= 0.6 is 0 Å². The first kappa shape index (κ1) is 19.1. The van der Waals surface area contributed by atoms with Gasteiger partial charge in [0.05, 0.1) is 12.7 Å². The summed E-state index contributed by atoms with van der Waals surface area (Å²) >= 11 is 0. The minimum absolute atomic E-state index is 0.0170. The molecule has 29 heavy (non-hydrogen) atoms. The van der Waals surface area contributed by atoms with Crippen LogP contribution in [0.3, 0.4) is 0 Å². The Bertz CT molecular complexity index is 966. The number of benzene rings is 1. The van der Waals surface area contributed by atoms with Gasteiger partial charge in [-0.2, -0.15) is 0 Å². The molecule has 1 aliphatic heterocycles. The third-order valence-corrected chi connectivity index (χ3v) is 4.79. The van der Waals surface area contributed by atoms with Gasteiger partial charge >= 0.3 is 0 Å². The number of rotatable bonds is 6. The first-order valence-electron chi connectivity index (χ1n) is 9.64. The Hall–Kier alpha value is -3.23. The lowest BCUT2D eigenvalue weighted by Gasteiger charge is -2.26. The summed E-state index contributed by atoms with van der Waals surface area (Å²) in [5, 5.41) is 9.45. The van der Waals surface area contributed by atoms with Crippen molar-refractivity contribution < 1.29 is 9.21 Å². The normalized spacial score (nSPS) is 14.5. The highest BCUT2D eigenvalue weighted by Crippen LogP contribution is 2.27. The molecule has 8 heteroatoms. The van der Waals surface area contributed by atoms with Crippen LogP contribution in [0.1, 0.15) is 5.56 Å². The van der Waals surface area contributed by atoms with Gasteiger partial charge in [0.25, 0.3) is 6.01 Å². The zero-order valence-corrected chi connectivity index (χ0v) is 16.3. The zero-order valence-electron chi connectivity index (χ0n) is 16.3. The molecule has 1 amide bonds. The van der Waals surface area contributed by atoms with Crippen molar-refractivity contribution in [2.24, 2.45) is 0 Å². The van der Waals surface area contributed by atoms with Crippen LogP contribution in [0.4, 0.5) is 17.4 Å². The van der Waals surface area contributed by atoms with E-state index in [2.05, 4.69) is 30.8 Å². The molecule has 0 saturated carbocycles. The van der Waals surface area contributed by atoms with Crippen molar-refractivity contribution in [2.45, 2.75) is 6.92 Å². The van der Waals surface area contributed by atoms with E-state index in [1.165, 1.54) is 0 Å². The van der Waals surface area contributed by atoms with Crippen LogP contribution in [0.25, 0.3) is 11.3 Å². The number of aromatic nitrogens is 2. The maximum atomic E-state index is 12.4. The van der Waals surface area contributed by atoms with Gasteiger partial charge in [-0.1, -0.05) is 6.07 Å². The summed E-state index contributed by atoms with van der Waals surface area (Å²) in [5.74, 6) is 0.621. The van der Waals surface area contributed by atoms with Gasteiger partial charge in [-0.25, -0.2) is 4.98 Å². The van der Waals surface area contributed by atoms with Crippen molar-refractivity contribution in [3.8, 4) is 11.3 Å². The lowest BCUT2D eigenvalue weighted by atomic mass is 10.2. The van der Waals surface area contributed by atoms with Gasteiger partial charge in [-0.15, -0.1) is 0 Å². The van der Waals surface area contributed by atoms with E-state index in [0.717, 1.165) is 48.7 Å². The quantitative estimate of drug-likeness (QED) is 0.593. The summed E-state index contributed by atoms with van der Waals surface area (Å²) in [6, 6.07) is 9.88. The van der Waals surface area contributed by atoms with Crippen molar-refractivity contribution in [3.05, 3.63) is 54.5 Å². The molecule has 8 nitrogen and oxygen atoms in total. The van der Waals surface area contributed by atoms with Crippen molar-refractivity contribution >= 4 is 23.3 Å². The molecule has 0 radical (unpaired) electrons. The topological polar surface area (TPSA) is 95.3 Å². The predicted molar refractivity (Wildman–Crippen MR) is 112 cm³/mol. The van der Waals surface area contributed by atoms with Crippen LogP contribution in [0.5, 0.6) is 0 Å². The monoisotopic (exact) mass is 392 g/mol. The summed E-state index contributed by atoms with van der Waals surface area (Å²) in [4.78, 5) is 22.9. The molecule has 2 aromatic heterocycles. The number of carbonyl (C=O) groups excluding carboxylic acids is 1. The second-order valence-electron chi connectivity index (χ2n) is 7.00. The van der Waals surface area contributed by atoms with Crippen LogP contribution in [0, 0.1) is 6.92 Å². The van der Waals surface area contributed by atoms with Gasteiger partial charge in [-0.05, 0) is 36.8 Å². The maximum Gasteiger partial charge on any atom is 0.299 e. The van der Waals surface area contributed by atoms with E-state index in [4.69, 9.17) is 4.42 Å². The van der Waals surface area contributed by atoms with Crippen LogP contribution in [-0.2, 0) is 4.79 Å². The molecule has 3 N–H and O–H groups in total. The number of aryl methyl sites for hydroxylation is 1. The fourth-order valence-corrected chi connectivity index (χ4v) is 3.20. The van der Waals surface area contributed by atoms with Crippen LogP contribution in [0.2, 0.25) is 0 Å². The number of hydrogen-bond donors (Lipinski definition) is 3. The number of carbonyl (C=O) groups is 1. The molecule has 0 aliphatic carbocycles. The Morgan fingerprint density at radius 2 is 2.10 bits per heavy atom. The Morgan fingerprint density at radius 3 is 2.90 bits per heavy atom. The van der Waals surface area contributed by atoms with Gasteiger partial charge in [0.1, 0.15) is 0 Å². The molecule has 1 aromatic carbocycles. The number of piperazine rings is 1. The molecule has 0 spiro atoms. The van der Waals surface area contributed by atoms with Gasteiger partial charge in [-0.3, -0.25) is 14.7 Å². The van der Waals surface area contributed by atoms with Crippen molar-refractivity contribution in [2.75, 3.05) is 43.4 Å². The van der Waals surface area contributed by atoms with Gasteiger partial charge in [0, 0.05) is 55.5 Å². The van der Waals surface area contributed by atoms with Crippen LogP contribution in [-0.4, -0.2) is 53.5 Å². The maximum absolute atomic E-state index is 12.4. The van der Waals surface area contributed by atoms with E-state index in [-0.39, 0.29) is 5.91 Å². The number of hydrogen-bond acceptors (Lipinski definition) is 7. The van der Waals surface area contributed by atoms with Crippen molar-refractivity contribution in [1.29, 1.82) is 0 Å². The molecule has 4 rings (SSSR count). The standard InChI is InChI=1S/C21H24N6O2/c1-15-4-5-17(25-20(28)14-27-9-7-22-8-10-27)11-18(15)26-21-24-13-19(29-21)16-3-2-6-23-12-16/h2-6,11-13,22H,7-10,14H2,1H3,(H,24,26)(H,25,28). The fraction of sp³-hybridized carbons (Fsp3) is 0.286. The minimum atomic E-state index is -0.0170. The average Bonchev–Trinajstić information content (AvgIpc) is 3.20. The summed E-state index contributed by atoms with van der Waals surface area (Å²) in [6.07, 6.45) is 5.10. The van der Waals surface area contributed by atoms with E-state index in [9.17, 15) is 4.79 Å². The third kappa shape index (κ3) is 4.98. The first-order valence-corrected chi connectivity index (χ1v) is 9.64. The molecular weight excluding hydrogens is 368 g/mol. The summed E-state index contributed by atoms with van der Waals surface area (Å²) < 4.78 is 5.79. The second kappa shape index (κ2) is 8.85. The fourth-order valence-electron chi connectivity index (χ4n) is 3.20. The number of nitrogens with zero attached hydrogens (tertiary/aromatic N) is 3. The van der Waals surface area contributed by atoms with Gasteiger partial charge in [0.2, 0.25) is 5.91 Å². The van der Waals surface area contributed by atoms with Crippen molar-refractivity contribution in [3.63, 3.8) is 0 Å². The van der Waals surface area contributed by atoms with Gasteiger partial charge in [0.15, 0.2) is 5.76 Å². The Kier molecular flexibility index (Phi) is 5.83. The summed E-state index contributed by atoms with van der Waals surface area (Å²) in [5.41, 5.74) is 3.44. The number of oxazole rings is 1. The first-order chi connectivity index (χ1) is 14.2. The van der Waals surface area contributed by atoms with E-state index in [1.807, 2.05) is 37.3 Å². The highest BCUT2D eigenvalue weighted by molar-refractivity contribution is 5.93. The number of nitrogens with one attached hydrogen (secondary N) is 3. The smallest absolute Gasteiger partial charge is 0.299 e. The lowest BCUT2D eigenvalue weighted by Crippen LogP contribution is -2.46. The van der Waals surface area contributed by atoms with E-state index >= 15 is 0 Å². The molecule has 1 saturated heterocycles. The predicted octanol–water partition coefficient (Wildman–Crippen LogP) is 2.63. The Balaban J connectivity index is 1.42. The number of amides is 1. The molecular formula is C21H24N6O2. The summed E-state index contributed by atoms with van der Waals surface area (Å²) in [7, 11) is 0. The number of pyridine rings is 1. The molecule has 0 bridgehead atoms. The van der Waals surface area contributed by atoms with E-state index in [1.54, 1.807) is 18.6 Å². The largest absolute Gasteiger partial charge is 0.423 e. The SMILES string of the molecule is Cc1ccc(NC(=O)CN2CCNCC2)cc1Nc1ncc(-c2cccnc2)o1. The average molecular weight is 392 g/mol. The molecule has 0 unspecified atom stereocenters. The van der Waals surface area contributed by atoms with E-state index < -0.39 is 0 Å². The van der Waals surface area contributed by atoms with Crippen molar-refractivity contribution in [1.82, 2.24) is 20.2 Å².